The van der Waals surface area contributed by atoms with Gasteiger partial charge in [-0.1, -0.05) is 32.5 Å². The SMILES string of the molecule is CCC1(C)CCSC(=NC2CC2(C)C)N1. The zero-order valence-electron chi connectivity index (χ0n) is 10.3. The molecular formula is C12H22N2S. The normalized spacial score (nSPS) is 41.3. The third-order valence-corrected chi connectivity index (χ3v) is 4.71. The van der Waals surface area contributed by atoms with Crippen molar-refractivity contribution in [3.63, 3.8) is 0 Å². The standard InChI is InChI=1S/C12H22N2S/c1-5-12(4)6-7-15-10(14-12)13-9-8-11(9,2)3/h9H,5-8H2,1-4H3,(H,13,14). The Hall–Kier alpha value is -0.180. The second-order valence-electron chi connectivity index (χ2n) is 5.78. The zero-order chi connectivity index (χ0) is 11.1. The van der Waals surface area contributed by atoms with E-state index in [1.54, 1.807) is 0 Å². The summed E-state index contributed by atoms with van der Waals surface area (Å²) in [6.45, 7) is 9.16. The van der Waals surface area contributed by atoms with E-state index in [1.807, 2.05) is 11.8 Å². The summed E-state index contributed by atoms with van der Waals surface area (Å²) in [6.07, 6.45) is 3.68. The van der Waals surface area contributed by atoms with Gasteiger partial charge in [0.2, 0.25) is 0 Å². The quantitative estimate of drug-likeness (QED) is 0.782. The van der Waals surface area contributed by atoms with E-state index in [0.29, 0.717) is 11.5 Å². The molecule has 2 aliphatic rings. The van der Waals surface area contributed by atoms with Crippen LogP contribution in [0.15, 0.2) is 4.99 Å². The fraction of sp³-hybridized carbons (Fsp3) is 0.917. The lowest BCUT2D eigenvalue weighted by atomic mass is 9.96. The highest BCUT2D eigenvalue weighted by Crippen LogP contribution is 2.47. The summed E-state index contributed by atoms with van der Waals surface area (Å²) in [5.74, 6) is 1.21. The Morgan fingerprint density at radius 2 is 2.13 bits per heavy atom. The van der Waals surface area contributed by atoms with Crippen LogP contribution in [0, 0.1) is 5.41 Å². The number of aliphatic imine (C=N–C) groups is 1. The van der Waals surface area contributed by atoms with Crippen LogP contribution in [0.25, 0.3) is 0 Å². The minimum absolute atomic E-state index is 0.281. The van der Waals surface area contributed by atoms with Crippen molar-refractivity contribution >= 4 is 16.9 Å². The van der Waals surface area contributed by atoms with Gasteiger partial charge in [0.05, 0.1) is 6.04 Å². The largest absolute Gasteiger partial charge is 0.360 e. The molecule has 2 unspecified atom stereocenters. The molecule has 2 rings (SSSR count). The van der Waals surface area contributed by atoms with Crippen LogP contribution in [0.2, 0.25) is 0 Å². The smallest absolute Gasteiger partial charge is 0.157 e. The van der Waals surface area contributed by atoms with E-state index in [4.69, 9.17) is 4.99 Å². The van der Waals surface area contributed by atoms with Crippen LogP contribution in [-0.2, 0) is 0 Å². The first-order valence-corrected chi connectivity index (χ1v) is 6.92. The highest BCUT2D eigenvalue weighted by molar-refractivity contribution is 8.13. The first-order valence-electron chi connectivity index (χ1n) is 5.94. The number of nitrogens with zero attached hydrogens (tertiary/aromatic N) is 1. The molecule has 1 aliphatic carbocycles. The molecule has 0 aromatic heterocycles. The van der Waals surface area contributed by atoms with Crippen LogP contribution in [0.1, 0.15) is 47.0 Å². The lowest BCUT2D eigenvalue weighted by Crippen LogP contribution is -2.48. The molecule has 2 nitrogen and oxygen atoms in total. The fourth-order valence-corrected chi connectivity index (χ4v) is 3.13. The number of hydrogen-bond acceptors (Lipinski definition) is 2. The van der Waals surface area contributed by atoms with Crippen molar-refractivity contribution < 1.29 is 0 Å². The molecule has 86 valence electrons. The van der Waals surface area contributed by atoms with Crippen molar-refractivity contribution in [2.75, 3.05) is 5.75 Å². The Morgan fingerprint density at radius 3 is 2.67 bits per heavy atom. The third-order valence-electron chi connectivity index (χ3n) is 3.82. The summed E-state index contributed by atoms with van der Waals surface area (Å²) in [4.78, 5) is 4.81. The van der Waals surface area contributed by atoms with E-state index in [0.717, 1.165) is 0 Å². The van der Waals surface area contributed by atoms with Gasteiger partial charge in [-0.2, -0.15) is 0 Å². The number of thioether (sulfide) groups is 1. The average molecular weight is 226 g/mol. The topological polar surface area (TPSA) is 24.4 Å². The maximum absolute atomic E-state index is 4.81. The molecule has 0 radical (unpaired) electrons. The summed E-state index contributed by atoms with van der Waals surface area (Å²) in [6, 6.07) is 0.562. The van der Waals surface area contributed by atoms with Crippen LogP contribution in [-0.4, -0.2) is 22.5 Å². The predicted octanol–water partition coefficient (Wildman–Crippen LogP) is 3.04. The molecule has 0 aromatic rings. The monoisotopic (exact) mass is 226 g/mol. The molecular weight excluding hydrogens is 204 g/mol. The molecule has 1 saturated heterocycles. The summed E-state index contributed by atoms with van der Waals surface area (Å²) in [5, 5.41) is 4.78. The number of amidine groups is 1. The van der Waals surface area contributed by atoms with Crippen molar-refractivity contribution in [3.05, 3.63) is 0 Å². The highest BCUT2D eigenvalue weighted by Gasteiger charge is 2.46. The minimum atomic E-state index is 0.281. The molecule has 3 heteroatoms. The van der Waals surface area contributed by atoms with E-state index in [9.17, 15) is 0 Å². The van der Waals surface area contributed by atoms with Gasteiger partial charge in [0.1, 0.15) is 0 Å². The van der Waals surface area contributed by atoms with Crippen LogP contribution in [0.4, 0.5) is 0 Å². The van der Waals surface area contributed by atoms with Gasteiger partial charge in [0.25, 0.3) is 0 Å². The second-order valence-corrected chi connectivity index (χ2v) is 6.86. The summed E-state index contributed by atoms with van der Waals surface area (Å²) < 4.78 is 0. The fourth-order valence-electron chi connectivity index (χ4n) is 1.87. The van der Waals surface area contributed by atoms with Crippen LogP contribution in [0.3, 0.4) is 0 Å². The van der Waals surface area contributed by atoms with Crippen molar-refractivity contribution in [2.24, 2.45) is 10.4 Å². The molecule has 1 saturated carbocycles. The molecule has 0 bridgehead atoms. The molecule has 1 aliphatic heterocycles. The maximum Gasteiger partial charge on any atom is 0.157 e. The minimum Gasteiger partial charge on any atom is -0.360 e. The van der Waals surface area contributed by atoms with E-state index < -0.39 is 0 Å². The Balaban J connectivity index is 1.99. The zero-order valence-corrected chi connectivity index (χ0v) is 11.1. The third kappa shape index (κ3) is 2.49. The Morgan fingerprint density at radius 1 is 1.47 bits per heavy atom. The van der Waals surface area contributed by atoms with E-state index in [1.165, 1.54) is 30.2 Å². The van der Waals surface area contributed by atoms with Gasteiger partial charge in [0.15, 0.2) is 5.17 Å². The summed E-state index contributed by atoms with van der Waals surface area (Å²) >= 11 is 1.89. The van der Waals surface area contributed by atoms with E-state index >= 15 is 0 Å². The van der Waals surface area contributed by atoms with Gasteiger partial charge in [-0.15, -0.1) is 0 Å². The van der Waals surface area contributed by atoms with Crippen molar-refractivity contribution in [3.8, 4) is 0 Å². The number of hydrogen-bond donors (Lipinski definition) is 1. The van der Waals surface area contributed by atoms with Crippen LogP contribution in [0.5, 0.6) is 0 Å². The van der Waals surface area contributed by atoms with Crippen molar-refractivity contribution in [1.82, 2.24) is 5.32 Å². The number of nitrogens with one attached hydrogen (secondary N) is 1. The van der Waals surface area contributed by atoms with E-state index in [-0.39, 0.29) is 5.54 Å². The molecule has 0 amide bonds. The van der Waals surface area contributed by atoms with Crippen LogP contribution >= 0.6 is 11.8 Å². The highest BCUT2D eigenvalue weighted by atomic mass is 32.2. The lowest BCUT2D eigenvalue weighted by molar-refractivity contribution is 0.389. The summed E-state index contributed by atoms with van der Waals surface area (Å²) in [5.41, 5.74) is 0.735. The van der Waals surface area contributed by atoms with Gasteiger partial charge >= 0.3 is 0 Å². The van der Waals surface area contributed by atoms with Gasteiger partial charge < -0.3 is 5.32 Å². The van der Waals surface area contributed by atoms with Gasteiger partial charge in [0, 0.05) is 11.3 Å². The molecule has 1 heterocycles. The number of rotatable bonds is 2. The second kappa shape index (κ2) is 3.69. The van der Waals surface area contributed by atoms with Gasteiger partial charge in [-0.05, 0) is 31.6 Å². The van der Waals surface area contributed by atoms with Gasteiger partial charge in [-0.25, -0.2) is 0 Å². The molecule has 2 atom stereocenters. The van der Waals surface area contributed by atoms with Gasteiger partial charge in [-0.3, -0.25) is 4.99 Å². The first-order chi connectivity index (χ1) is 6.95. The maximum atomic E-state index is 4.81. The molecule has 1 N–H and O–H groups in total. The van der Waals surface area contributed by atoms with Crippen molar-refractivity contribution in [1.29, 1.82) is 0 Å². The first kappa shape index (κ1) is 11.3. The molecule has 0 spiro atoms. The summed E-state index contributed by atoms with van der Waals surface area (Å²) in [7, 11) is 0. The average Bonchev–Trinajstić information content (AvgIpc) is 2.74. The Labute approximate surface area is 97.3 Å². The Kier molecular flexibility index (Phi) is 2.78. The molecule has 0 aromatic carbocycles. The molecule has 15 heavy (non-hydrogen) atoms. The lowest BCUT2D eigenvalue weighted by Gasteiger charge is -2.35. The Bertz CT molecular complexity index is 285. The van der Waals surface area contributed by atoms with E-state index in [2.05, 4.69) is 33.0 Å². The molecule has 2 fully saturated rings. The van der Waals surface area contributed by atoms with Crippen LogP contribution < -0.4 is 5.32 Å². The predicted molar refractivity (Wildman–Crippen MR) is 68.5 cm³/mol. The van der Waals surface area contributed by atoms with Crippen molar-refractivity contribution in [2.45, 2.75) is 58.5 Å².